The maximum atomic E-state index is 11.4. The number of nitrogen functional groups attached to an aromatic ring is 1. The van der Waals surface area contributed by atoms with E-state index in [1.54, 1.807) is 12.3 Å². The molecule has 108 valence electrons. The van der Waals surface area contributed by atoms with Gasteiger partial charge in [0.25, 0.3) is 0 Å². The number of sulfonamides is 1. The molecule has 0 saturated heterocycles. The Balaban J connectivity index is 2.42. The Morgan fingerprint density at radius 3 is 2.74 bits per heavy atom. The van der Waals surface area contributed by atoms with E-state index in [0.29, 0.717) is 37.6 Å². The zero-order chi connectivity index (χ0) is 14.5. The molecule has 0 aromatic carbocycles. The summed E-state index contributed by atoms with van der Waals surface area (Å²) in [5.41, 5.74) is 6.18. The van der Waals surface area contributed by atoms with E-state index in [9.17, 15) is 8.42 Å². The lowest BCUT2D eigenvalue weighted by molar-refractivity contribution is 0.428. The van der Waals surface area contributed by atoms with Gasteiger partial charge in [0.05, 0.1) is 22.6 Å². The number of pyridine rings is 1. The fourth-order valence-corrected chi connectivity index (χ4v) is 3.04. The van der Waals surface area contributed by atoms with Crippen LogP contribution in [0.2, 0.25) is 0 Å². The second-order valence-electron chi connectivity index (χ2n) is 4.13. The van der Waals surface area contributed by atoms with E-state index in [1.807, 2.05) is 6.92 Å². The second-order valence-corrected chi connectivity index (χ2v) is 6.97. The molecule has 1 aromatic heterocycles. The van der Waals surface area contributed by atoms with E-state index in [2.05, 4.69) is 26.2 Å². The molecule has 0 amide bonds. The first-order chi connectivity index (χ1) is 8.84. The molecule has 0 spiro atoms. The number of aromatic nitrogens is 1. The largest absolute Gasteiger partial charge is 0.397 e. The maximum Gasteiger partial charge on any atom is 0.211 e. The third-order valence-corrected chi connectivity index (χ3v) is 4.54. The van der Waals surface area contributed by atoms with Crippen LogP contribution in [0.3, 0.4) is 0 Å². The molecule has 0 atom stereocenters. The third-order valence-electron chi connectivity index (χ3n) is 2.56. The Kier molecular flexibility index (Phi) is 6.02. The molecule has 1 aromatic rings. The van der Waals surface area contributed by atoms with Crippen molar-refractivity contribution in [3.63, 3.8) is 0 Å². The van der Waals surface area contributed by atoms with Crippen LogP contribution in [0, 0.1) is 0 Å². The summed E-state index contributed by atoms with van der Waals surface area (Å²) in [4.78, 5) is 4.15. The van der Waals surface area contributed by atoms with Crippen LogP contribution >= 0.6 is 15.9 Å². The van der Waals surface area contributed by atoms with Crippen LogP contribution in [0.15, 0.2) is 16.7 Å². The number of hydrogen-bond donors (Lipinski definition) is 2. The van der Waals surface area contributed by atoms with Crippen molar-refractivity contribution in [2.24, 2.45) is 0 Å². The molecule has 19 heavy (non-hydrogen) atoms. The normalized spacial score (nSPS) is 11.8. The Labute approximate surface area is 122 Å². The number of anilines is 2. The highest BCUT2D eigenvalue weighted by molar-refractivity contribution is 9.10. The first-order valence-electron chi connectivity index (χ1n) is 5.94. The van der Waals surface area contributed by atoms with Gasteiger partial charge in [-0.3, -0.25) is 0 Å². The number of nitrogens with zero attached hydrogens (tertiary/aromatic N) is 2. The summed E-state index contributed by atoms with van der Waals surface area (Å²) >= 11 is 3.36. The molecular weight excluding hydrogens is 332 g/mol. The zero-order valence-electron chi connectivity index (χ0n) is 11.1. The molecule has 0 aliphatic carbocycles. The average molecular weight is 351 g/mol. The van der Waals surface area contributed by atoms with Crippen molar-refractivity contribution >= 4 is 37.5 Å². The molecule has 8 heteroatoms. The van der Waals surface area contributed by atoms with Crippen molar-refractivity contribution in [1.82, 2.24) is 9.29 Å². The summed E-state index contributed by atoms with van der Waals surface area (Å²) in [6.07, 6.45) is 3.50. The van der Waals surface area contributed by atoms with E-state index in [1.165, 1.54) is 10.6 Å². The summed E-state index contributed by atoms with van der Waals surface area (Å²) in [7, 11) is -3.11. The van der Waals surface area contributed by atoms with Gasteiger partial charge in [-0.1, -0.05) is 6.92 Å². The third kappa shape index (κ3) is 5.33. The van der Waals surface area contributed by atoms with Crippen LogP contribution in [0.4, 0.5) is 11.5 Å². The van der Waals surface area contributed by atoms with Gasteiger partial charge < -0.3 is 11.1 Å². The lowest BCUT2D eigenvalue weighted by Crippen LogP contribution is -2.31. The minimum Gasteiger partial charge on any atom is -0.397 e. The first kappa shape index (κ1) is 16.2. The number of nitrogens with two attached hydrogens (primary N) is 1. The van der Waals surface area contributed by atoms with Crippen molar-refractivity contribution in [2.45, 2.75) is 13.3 Å². The van der Waals surface area contributed by atoms with Gasteiger partial charge in [-0.2, -0.15) is 0 Å². The Hall–Kier alpha value is -0.860. The lowest BCUT2D eigenvalue weighted by atomic mass is 10.4. The maximum absolute atomic E-state index is 11.4. The van der Waals surface area contributed by atoms with Gasteiger partial charge in [0.2, 0.25) is 10.0 Å². The summed E-state index contributed by atoms with van der Waals surface area (Å²) in [6.45, 7) is 3.45. The van der Waals surface area contributed by atoms with E-state index in [0.717, 1.165) is 4.47 Å². The molecule has 0 aliphatic heterocycles. The summed E-state index contributed by atoms with van der Waals surface area (Å²) in [5.74, 6) is 0.705. The number of nitrogens with one attached hydrogen (secondary N) is 1. The molecule has 0 bridgehead atoms. The van der Waals surface area contributed by atoms with Crippen LogP contribution in [0.5, 0.6) is 0 Å². The van der Waals surface area contributed by atoms with E-state index >= 15 is 0 Å². The minimum atomic E-state index is -3.11. The van der Waals surface area contributed by atoms with Gasteiger partial charge in [-0.25, -0.2) is 17.7 Å². The van der Waals surface area contributed by atoms with Crippen molar-refractivity contribution in [1.29, 1.82) is 0 Å². The molecule has 0 unspecified atom stereocenters. The second kappa shape index (κ2) is 7.06. The molecule has 3 N–H and O–H groups in total. The monoisotopic (exact) mass is 350 g/mol. The minimum absolute atomic E-state index is 0.489. The van der Waals surface area contributed by atoms with Gasteiger partial charge in [0.15, 0.2) is 0 Å². The first-order valence-corrected chi connectivity index (χ1v) is 8.58. The van der Waals surface area contributed by atoms with Crippen molar-refractivity contribution in [2.75, 3.05) is 36.9 Å². The smallest absolute Gasteiger partial charge is 0.211 e. The predicted octanol–water partition coefficient (Wildman–Crippen LogP) is 1.51. The zero-order valence-corrected chi connectivity index (χ0v) is 13.5. The Morgan fingerprint density at radius 2 is 2.21 bits per heavy atom. The standard InChI is InChI=1S/C11H19BrN4O2S/c1-3-16(19(2,17)18)6-4-5-14-11-10(12)7-9(13)8-15-11/h7-8H,3-6,13H2,1-2H3,(H,14,15). The molecular formula is C11H19BrN4O2S. The lowest BCUT2D eigenvalue weighted by Gasteiger charge is -2.17. The Morgan fingerprint density at radius 1 is 1.53 bits per heavy atom. The molecule has 0 radical (unpaired) electrons. The SMILES string of the molecule is CCN(CCCNc1ncc(N)cc1Br)S(C)(=O)=O. The highest BCUT2D eigenvalue weighted by Crippen LogP contribution is 2.21. The fourth-order valence-electron chi connectivity index (χ4n) is 1.60. The van der Waals surface area contributed by atoms with Gasteiger partial charge in [0.1, 0.15) is 5.82 Å². The molecule has 0 saturated carbocycles. The van der Waals surface area contributed by atoms with Crippen LogP contribution in [0.1, 0.15) is 13.3 Å². The summed E-state index contributed by atoms with van der Waals surface area (Å²) in [5, 5.41) is 3.14. The number of halogens is 1. The predicted molar refractivity (Wildman–Crippen MR) is 81.5 cm³/mol. The van der Waals surface area contributed by atoms with E-state index < -0.39 is 10.0 Å². The topological polar surface area (TPSA) is 88.3 Å². The van der Waals surface area contributed by atoms with Gasteiger partial charge >= 0.3 is 0 Å². The van der Waals surface area contributed by atoms with E-state index in [-0.39, 0.29) is 0 Å². The van der Waals surface area contributed by atoms with Crippen LogP contribution in [0.25, 0.3) is 0 Å². The molecule has 1 heterocycles. The van der Waals surface area contributed by atoms with Crippen LogP contribution in [-0.4, -0.2) is 43.6 Å². The number of hydrogen-bond acceptors (Lipinski definition) is 5. The fraction of sp³-hybridized carbons (Fsp3) is 0.545. The Bertz CT molecular complexity index is 521. The van der Waals surface area contributed by atoms with Gasteiger partial charge in [0, 0.05) is 19.6 Å². The van der Waals surface area contributed by atoms with Crippen molar-refractivity contribution < 1.29 is 8.42 Å². The average Bonchev–Trinajstić information content (AvgIpc) is 2.29. The summed E-state index contributed by atoms with van der Waals surface area (Å²) in [6, 6.07) is 1.77. The molecule has 0 aliphatic rings. The highest BCUT2D eigenvalue weighted by Gasteiger charge is 2.13. The van der Waals surface area contributed by atoms with E-state index in [4.69, 9.17) is 5.73 Å². The van der Waals surface area contributed by atoms with Crippen molar-refractivity contribution in [3.8, 4) is 0 Å². The van der Waals surface area contributed by atoms with Gasteiger partial charge in [-0.05, 0) is 28.4 Å². The van der Waals surface area contributed by atoms with Crippen LogP contribution < -0.4 is 11.1 Å². The molecule has 6 nitrogen and oxygen atoms in total. The van der Waals surface area contributed by atoms with Crippen molar-refractivity contribution in [3.05, 3.63) is 16.7 Å². The molecule has 1 rings (SSSR count). The van der Waals surface area contributed by atoms with Crippen LogP contribution in [-0.2, 0) is 10.0 Å². The quantitative estimate of drug-likeness (QED) is 0.727. The van der Waals surface area contributed by atoms with Gasteiger partial charge in [-0.15, -0.1) is 0 Å². The number of rotatable bonds is 7. The highest BCUT2D eigenvalue weighted by atomic mass is 79.9. The summed E-state index contributed by atoms with van der Waals surface area (Å²) < 4.78 is 25.0. The molecule has 0 fully saturated rings.